The van der Waals surface area contributed by atoms with E-state index >= 15 is 0 Å². The first-order valence-electron chi connectivity index (χ1n) is 29.9. The Bertz CT molecular complexity index is 2600. The molecule has 0 radical (unpaired) electrons. The molecule has 0 saturated heterocycles. The van der Waals surface area contributed by atoms with E-state index in [1.807, 2.05) is 106 Å². The number of methoxy groups -OCH3 is 8. The zero-order valence-electron chi connectivity index (χ0n) is 55.5. The highest BCUT2D eigenvalue weighted by atomic mass is 16.5. The van der Waals surface area contributed by atoms with Gasteiger partial charge in [-0.15, -0.1) is 40.8 Å². The minimum atomic E-state index is -0.166. The fourth-order valence-electron chi connectivity index (χ4n) is 8.77. The topological polar surface area (TPSA) is 236 Å². The maximum atomic E-state index is 5.42. The first-order valence-corrected chi connectivity index (χ1v) is 29.9. The van der Waals surface area contributed by atoms with Gasteiger partial charge in [0.1, 0.15) is 48.8 Å². The second-order valence-corrected chi connectivity index (χ2v) is 21.2. The molecule has 0 bridgehead atoms. The number of hydrogen-bond acceptors (Lipinski definition) is 20. The average molecular weight is 1190 g/mol. The van der Waals surface area contributed by atoms with Gasteiger partial charge < -0.3 is 59.2 Å². The van der Waals surface area contributed by atoms with Crippen LogP contribution in [0.25, 0.3) is 0 Å². The Balaban J connectivity index is 0.000000297. The molecule has 3 N–H and O–H groups in total. The smallest absolute Gasteiger partial charge is 0.180 e. The molecule has 0 aliphatic heterocycles. The van der Waals surface area contributed by atoms with Crippen molar-refractivity contribution < 1.29 is 37.9 Å². The van der Waals surface area contributed by atoms with E-state index in [2.05, 4.69) is 139 Å². The number of nitrogens with zero attached hydrogens (tertiary/aromatic N) is 13. The van der Waals surface area contributed by atoms with Crippen LogP contribution in [0.15, 0.2) is 60.7 Å². The molecule has 4 heterocycles. The molecular weight excluding hydrogens is 1080 g/mol. The molecule has 0 saturated carbocycles. The van der Waals surface area contributed by atoms with Crippen molar-refractivity contribution in [2.45, 2.75) is 196 Å². The molecule has 11 atom stereocenters. The molecule has 4 aromatic heterocycles. The number of hydrogen-bond donors (Lipinski definition) is 3. The Kier molecular flexibility index (Phi) is 32.8. The van der Waals surface area contributed by atoms with E-state index in [1.165, 1.54) is 11.1 Å². The summed E-state index contributed by atoms with van der Waals surface area (Å²) in [6.07, 6.45) is 3.11. The third kappa shape index (κ3) is 20.8. The first kappa shape index (κ1) is 73.1. The summed E-state index contributed by atoms with van der Waals surface area (Å²) in [5.74, 6) is 6.66. The molecule has 0 fully saturated rings. The summed E-state index contributed by atoms with van der Waals surface area (Å²) in [5.41, 5.74) is 12.9. The summed E-state index contributed by atoms with van der Waals surface area (Å²) in [6, 6.07) is 21.2. The predicted molar refractivity (Wildman–Crippen MR) is 333 cm³/mol. The molecule has 0 aliphatic rings. The fraction of sp³-hybridized carbons (Fsp3) is 0.672. The van der Waals surface area contributed by atoms with Crippen molar-refractivity contribution >= 4 is 0 Å². The molecule has 24 nitrogen and oxygen atoms in total. The zero-order chi connectivity index (χ0) is 63.3. The van der Waals surface area contributed by atoms with E-state index in [9.17, 15) is 0 Å². The Morgan fingerprint density at radius 3 is 0.988 bits per heavy atom. The molecule has 24 heteroatoms. The van der Waals surface area contributed by atoms with E-state index in [0.717, 1.165) is 85.4 Å². The van der Waals surface area contributed by atoms with Gasteiger partial charge in [0.05, 0.1) is 12.1 Å². The Morgan fingerprint density at radius 1 is 0.388 bits per heavy atom. The highest BCUT2D eigenvalue weighted by Gasteiger charge is 2.28. The first-order chi connectivity index (χ1) is 40.7. The Hall–Kier alpha value is -6.12. The quantitative estimate of drug-likeness (QED) is 0.0356. The largest absolute Gasteiger partial charge is 0.374 e. The normalized spacial score (nSPS) is 15.2. The van der Waals surface area contributed by atoms with Gasteiger partial charge in [0.15, 0.2) is 46.6 Å². The molecule has 2 aromatic carbocycles. The third-order valence-electron chi connectivity index (χ3n) is 14.7. The number of nitrogens with one attached hydrogen (secondary N) is 3. The zero-order valence-corrected chi connectivity index (χ0v) is 55.5. The van der Waals surface area contributed by atoms with Gasteiger partial charge in [-0.2, -0.15) is 0 Å². The van der Waals surface area contributed by atoms with Crippen LogP contribution in [-0.4, -0.2) is 136 Å². The lowest BCUT2D eigenvalue weighted by atomic mass is 10.1. The van der Waals surface area contributed by atoms with E-state index < -0.39 is 0 Å². The van der Waals surface area contributed by atoms with Gasteiger partial charge in [-0.3, -0.25) is 0 Å². The van der Waals surface area contributed by atoms with Crippen LogP contribution in [0, 0.1) is 5.92 Å². The van der Waals surface area contributed by atoms with Gasteiger partial charge in [0, 0.05) is 76.0 Å². The summed E-state index contributed by atoms with van der Waals surface area (Å²) in [5, 5.41) is 36.4. The van der Waals surface area contributed by atoms with Crippen LogP contribution >= 0.6 is 0 Å². The van der Waals surface area contributed by atoms with Crippen molar-refractivity contribution in [1.82, 2.24) is 59.5 Å². The second-order valence-electron chi connectivity index (χ2n) is 21.2. The minimum absolute atomic E-state index is 0.0998. The third-order valence-corrected chi connectivity index (χ3v) is 14.7. The maximum absolute atomic E-state index is 5.42. The van der Waals surface area contributed by atoms with Crippen molar-refractivity contribution in [2.24, 2.45) is 5.92 Å². The molecule has 6 aromatic rings. The van der Waals surface area contributed by atoms with Gasteiger partial charge in [0.2, 0.25) is 0 Å². The lowest BCUT2D eigenvalue weighted by molar-refractivity contribution is 0.0984. The van der Waals surface area contributed by atoms with Crippen molar-refractivity contribution in [1.29, 1.82) is 0 Å². The SMILES string of the molecule is CCC(Nn1c(C(C)OC)nnc1C(C)OC)c1ccccc1.CCCC(CC)Nn1c(C(C)OC)nnc1C(C)OC.CCN(CC(C)C)n1c(C(C)OC)nnc1C(C)OC.COC(C)c1nnc(C(C)OC)n1NC(C)c1ccccc1. The lowest BCUT2D eigenvalue weighted by Crippen LogP contribution is -2.40. The summed E-state index contributed by atoms with van der Waals surface area (Å²) >= 11 is 0. The lowest BCUT2D eigenvalue weighted by Gasteiger charge is -2.30. The highest BCUT2D eigenvalue weighted by Crippen LogP contribution is 2.27. The van der Waals surface area contributed by atoms with Gasteiger partial charge in [0.25, 0.3) is 0 Å². The number of ether oxygens (including phenoxy) is 8. The molecule has 11 unspecified atom stereocenters. The van der Waals surface area contributed by atoms with Crippen LogP contribution in [0.3, 0.4) is 0 Å². The molecule has 0 aliphatic carbocycles. The maximum Gasteiger partial charge on any atom is 0.180 e. The van der Waals surface area contributed by atoms with Gasteiger partial charge in [-0.25, -0.2) is 18.7 Å². The van der Waals surface area contributed by atoms with Crippen LogP contribution in [0.5, 0.6) is 0 Å². The van der Waals surface area contributed by atoms with E-state index in [1.54, 1.807) is 56.9 Å². The van der Waals surface area contributed by atoms with Crippen LogP contribution < -0.4 is 21.3 Å². The molecule has 0 amide bonds. The molecule has 6 rings (SSSR count). The van der Waals surface area contributed by atoms with Crippen molar-refractivity contribution in [3.8, 4) is 0 Å². The average Bonchev–Trinajstić information content (AvgIpc) is 3.99. The van der Waals surface area contributed by atoms with E-state index in [0.29, 0.717) is 12.0 Å². The number of aromatic nitrogens is 12. The molecular formula is C61H106N16O8. The highest BCUT2D eigenvalue weighted by molar-refractivity contribution is 5.23. The second kappa shape index (κ2) is 38.1. The van der Waals surface area contributed by atoms with E-state index in [-0.39, 0.29) is 60.9 Å². The van der Waals surface area contributed by atoms with Crippen LogP contribution in [0.1, 0.15) is 248 Å². The monoisotopic (exact) mass is 1190 g/mol. The van der Waals surface area contributed by atoms with Crippen molar-refractivity contribution in [3.63, 3.8) is 0 Å². The summed E-state index contributed by atoms with van der Waals surface area (Å²) in [4.78, 5) is 0. The Labute approximate surface area is 507 Å². The van der Waals surface area contributed by atoms with E-state index in [4.69, 9.17) is 37.9 Å². The molecule has 478 valence electrons. The summed E-state index contributed by atoms with van der Waals surface area (Å²) in [6.45, 7) is 32.6. The fourth-order valence-corrected chi connectivity index (χ4v) is 8.77. The van der Waals surface area contributed by atoms with Crippen molar-refractivity contribution in [2.75, 3.05) is 91.3 Å². The van der Waals surface area contributed by atoms with Gasteiger partial charge >= 0.3 is 0 Å². The summed E-state index contributed by atoms with van der Waals surface area (Å²) in [7, 11) is 13.4. The van der Waals surface area contributed by atoms with Crippen LogP contribution in [0.2, 0.25) is 0 Å². The standard InChI is InChI=1S/C17H26N4O2.C16H24N4O2.2C14H28N4O2/c1-6-15(14-10-8-7-9-11-14)20-21-16(12(2)22-4)18-19-17(21)13(3)23-5;1-11(14-9-7-6-8-10-14)19-20-15(12(2)21-4)17-18-16(20)13(3)22-5;1-8-17(9-10(2)3)18-13(11(4)19-6)15-16-14(18)12(5)20-7;1-7-9-12(8-2)17-18-13(10(3)19-5)15-16-14(18)11(4)20-6/h7-13,15,20H,6H2,1-5H3;6-13,19H,1-5H3;10-12H,8-9H2,1-7H3;10-12,17H,7-9H2,1-6H3. The van der Waals surface area contributed by atoms with Crippen molar-refractivity contribution in [3.05, 3.63) is 118 Å². The van der Waals surface area contributed by atoms with Gasteiger partial charge in [-0.05, 0) is 106 Å². The van der Waals surface area contributed by atoms with Gasteiger partial charge in [-0.1, -0.05) is 102 Å². The predicted octanol–water partition coefficient (Wildman–Crippen LogP) is 11.5. The minimum Gasteiger partial charge on any atom is -0.374 e. The summed E-state index contributed by atoms with van der Waals surface area (Å²) < 4.78 is 51.0. The molecule has 85 heavy (non-hydrogen) atoms. The number of rotatable bonds is 32. The van der Waals surface area contributed by atoms with Crippen LogP contribution in [0.4, 0.5) is 0 Å². The number of benzene rings is 2. The van der Waals surface area contributed by atoms with Crippen LogP contribution in [-0.2, 0) is 37.9 Å². The Morgan fingerprint density at radius 2 is 0.694 bits per heavy atom. The molecule has 0 spiro atoms.